The van der Waals surface area contributed by atoms with Gasteiger partial charge in [0.1, 0.15) is 15.0 Å². The van der Waals surface area contributed by atoms with E-state index >= 15 is 0 Å². The summed E-state index contributed by atoms with van der Waals surface area (Å²) in [6.45, 7) is 0. The predicted molar refractivity (Wildman–Crippen MR) is 54.7 cm³/mol. The maximum absolute atomic E-state index is 10.8. The number of hydrogen-bond acceptors (Lipinski definition) is 3. The number of carbonyl (C=O) groups excluding carboxylic acids is 1. The molecule has 70 valence electrons. The lowest BCUT2D eigenvalue weighted by molar-refractivity contribution is 0.203. The number of aromatic nitrogens is 1. The first kappa shape index (κ1) is 10.5. The van der Waals surface area contributed by atoms with Crippen LogP contribution in [0.3, 0.4) is 0 Å². The highest BCUT2D eigenvalue weighted by molar-refractivity contribution is 9.11. The van der Waals surface area contributed by atoms with Crippen LogP contribution in [0.25, 0.3) is 0 Å². The predicted octanol–water partition coefficient (Wildman–Crippen LogP) is 2.32. The molecule has 0 aliphatic carbocycles. The van der Waals surface area contributed by atoms with Gasteiger partial charge in [0.15, 0.2) is 0 Å². The van der Waals surface area contributed by atoms with E-state index in [1.54, 1.807) is 12.1 Å². The lowest BCUT2D eigenvalue weighted by atomic mass is 10.5. The van der Waals surface area contributed by atoms with E-state index in [0.29, 0.717) is 15.0 Å². The Morgan fingerprint density at radius 1 is 1.46 bits per heavy atom. The van der Waals surface area contributed by atoms with Crippen molar-refractivity contribution in [2.45, 2.75) is 0 Å². The zero-order chi connectivity index (χ0) is 9.84. The first-order valence-electron chi connectivity index (χ1n) is 3.34. The summed E-state index contributed by atoms with van der Waals surface area (Å²) in [6, 6.07) is 3.19. The fraction of sp³-hybridized carbons (Fsp3) is 0.143. The van der Waals surface area contributed by atoms with Crippen LogP contribution in [0.15, 0.2) is 21.3 Å². The smallest absolute Gasteiger partial charge is 0.410 e. The minimum atomic E-state index is -0.509. The molecule has 1 N–H and O–H groups in total. The molecular formula is C7H6Br2N2O2. The molecule has 0 aromatic carbocycles. The van der Waals surface area contributed by atoms with Gasteiger partial charge in [-0.05, 0) is 31.9 Å². The Balaban J connectivity index is 2.83. The first-order chi connectivity index (χ1) is 6.11. The molecule has 0 aliphatic heterocycles. The molecule has 0 radical (unpaired) electrons. The van der Waals surface area contributed by atoms with Gasteiger partial charge < -0.3 is 10.1 Å². The van der Waals surface area contributed by atoms with Gasteiger partial charge in [-0.3, -0.25) is 0 Å². The Hall–Kier alpha value is -0.620. The van der Waals surface area contributed by atoms with Crippen LogP contribution in [0.4, 0.5) is 4.79 Å². The lowest BCUT2D eigenvalue weighted by Gasteiger charge is -2.03. The average Bonchev–Trinajstić information content (AvgIpc) is 2.02. The Labute approximate surface area is 91.9 Å². The van der Waals surface area contributed by atoms with Crippen LogP contribution in [0.5, 0.6) is 5.75 Å². The zero-order valence-corrected chi connectivity index (χ0v) is 9.85. The molecule has 0 spiro atoms. The molecule has 13 heavy (non-hydrogen) atoms. The van der Waals surface area contributed by atoms with Gasteiger partial charge in [-0.15, -0.1) is 0 Å². The zero-order valence-electron chi connectivity index (χ0n) is 6.67. The number of rotatable bonds is 1. The molecule has 0 saturated carbocycles. The summed E-state index contributed by atoms with van der Waals surface area (Å²) in [5.41, 5.74) is 0. The molecule has 6 heteroatoms. The molecule has 0 atom stereocenters. The minimum Gasteiger partial charge on any atom is -0.410 e. The Kier molecular flexibility index (Phi) is 3.68. The molecule has 1 amide bonds. The van der Waals surface area contributed by atoms with E-state index in [4.69, 9.17) is 4.74 Å². The van der Waals surface area contributed by atoms with Crippen molar-refractivity contribution >= 4 is 38.0 Å². The van der Waals surface area contributed by atoms with Crippen molar-refractivity contribution in [1.29, 1.82) is 0 Å². The average molecular weight is 310 g/mol. The molecular weight excluding hydrogens is 304 g/mol. The number of hydrogen-bond donors (Lipinski definition) is 1. The molecule has 0 bridgehead atoms. The van der Waals surface area contributed by atoms with Gasteiger partial charge in [0.25, 0.3) is 0 Å². The highest BCUT2D eigenvalue weighted by atomic mass is 79.9. The molecule has 1 aromatic rings. The summed E-state index contributed by atoms with van der Waals surface area (Å²) < 4.78 is 6.07. The quantitative estimate of drug-likeness (QED) is 0.810. The molecule has 4 nitrogen and oxygen atoms in total. The Morgan fingerprint density at radius 2 is 2.00 bits per heavy atom. The number of nitrogens with one attached hydrogen (secondary N) is 1. The Bertz CT molecular complexity index is 310. The third kappa shape index (κ3) is 3.31. The SMILES string of the molecule is CNC(=O)Oc1cc(Br)nc(Br)c1. The molecule has 0 saturated heterocycles. The van der Waals surface area contributed by atoms with E-state index in [-0.39, 0.29) is 0 Å². The van der Waals surface area contributed by atoms with Gasteiger partial charge in [0.05, 0.1) is 0 Å². The highest BCUT2D eigenvalue weighted by Crippen LogP contribution is 2.21. The van der Waals surface area contributed by atoms with Crippen LogP contribution in [0.1, 0.15) is 0 Å². The van der Waals surface area contributed by atoms with E-state index in [1.807, 2.05) is 0 Å². The van der Waals surface area contributed by atoms with Crippen molar-refractivity contribution in [3.8, 4) is 5.75 Å². The molecule has 1 heterocycles. The maximum atomic E-state index is 10.8. The summed E-state index contributed by atoms with van der Waals surface area (Å²) >= 11 is 6.34. The molecule has 0 fully saturated rings. The van der Waals surface area contributed by atoms with Crippen LogP contribution in [-0.4, -0.2) is 18.1 Å². The van der Waals surface area contributed by atoms with Crippen molar-refractivity contribution in [3.05, 3.63) is 21.3 Å². The summed E-state index contributed by atoms with van der Waals surface area (Å²) in [5, 5.41) is 2.34. The van der Waals surface area contributed by atoms with Crippen LogP contribution in [-0.2, 0) is 0 Å². The number of amides is 1. The normalized spacial score (nSPS) is 9.46. The van der Waals surface area contributed by atoms with Crippen molar-refractivity contribution < 1.29 is 9.53 Å². The van der Waals surface area contributed by atoms with E-state index in [1.165, 1.54) is 7.05 Å². The standard InChI is InChI=1S/C7H6Br2N2O2/c1-10-7(12)13-4-2-5(8)11-6(9)3-4/h2-3H,1H3,(H,10,12). The number of nitrogens with zero attached hydrogens (tertiary/aromatic N) is 1. The fourth-order valence-corrected chi connectivity index (χ4v) is 1.73. The van der Waals surface area contributed by atoms with Crippen LogP contribution in [0, 0.1) is 0 Å². The topological polar surface area (TPSA) is 51.2 Å². The van der Waals surface area contributed by atoms with E-state index in [2.05, 4.69) is 42.2 Å². The van der Waals surface area contributed by atoms with E-state index in [0.717, 1.165) is 0 Å². The van der Waals surface area contributed by atoms with Crippen molar-refractivity contribution in [1.82, 2.24) is 10.3 Å². The van der Waals surface area contributed by atoms with Crippen LogP contribution in [0.2, 0.25) is 0 Å². The van der Waals surface area contributed by atoms with Gasteiger partial charge in [0.2, 0.25) is 0 Å². The summed E-state index contributed by atoms with van der Waals surface area (Å²) in [7, 11) is 1.49. The van der Waals surface area contributed by atoms with Gasteiger partial charge >= 0.3 is 6.09 Å². The Morgan fingerprint density at radius 3 is 2.46 bits per heavy atom. The number of ether oxygens (including phenoxy) is 1. The summed E-state index contributed by atoms with van der Waals surface area (Å²) in [6.07, 6.45) is -0.509. The first-order valence-corrected chi connectivity index (χ1v) is 4.93. The molecule has 0 unspecified atom stereocenters. The number of pyridine rings is 1. The third-order valence-corrected chi connectivity index (χ3v) is 1.96. The third-order valence-electron chi connectivity index (χ3n) is 1.15. The van der Waals surface area contributed by atoms with Crippen molar-refractivity contribution in [2.24, 2.45) is 0 Å². The summed E-state index contributed by atoms with van der Waals surface area (Å²) in [5.74, 6) is 0.424. The highest BCUT2D eigenvalue weighted by Gasteiger charge is 2.03. The largest absolute Gasteiger partial charge is 0.412 e. The molecule has 0 aliphatic rings. The van der Waals surface area contributed by atoms with Crippen molar-refractivity contribution in [3.63, 3.8) is 0 Å². The van der Waals surface area contributed by atoms with Gasteiger partial charge in [-0.1, -0.05) is 0 Å². The second-order valence-corrected chi connectivity index (χ2v) is 3.71. The second kappa shape index (κ2) is 4.57. The van der Waals surface area contributed by atoms with Crippen molar-refractivity contribution in [2.75, 3.05) is 7.05 Å². The van der Waals surface area contributed by atoms with Crippen LogP contribution < -0.4 is 10.1 Å². The lowest BCUT2D eigenvalue weighted by Crippen LogP contribution is -2.22. The van der Waals surface area contributed by atoms with Gasteiger partial charge in [0, 0.05) is 19.2 Å². The fourth-order valence-electron chi connectivity index (χ4n) is 0.660. The van der Waals surface area contributed by atoms with Gasteiger partial charge in [-0.25, -0.2) is 9.78 Å². The summed E-state index contributed by atoms with van der Waals surface area (Å²) in [4.78, 5) is 14.8. The van der Waals surface area contributed by atoms with E-state index < -0.39 is 6.09 Å². The molecule has 1 rings (SSSR count). The van der Waals surface area contributed by atoms with Gasteiger partial charge in [-0.2, -0.15) is 0 Å². The number of halogens is 2. The van der Waals surface area contributed by atoms with Crippen LogP contribution >= 0.6 is 31.9 Å². The molecule has 1 aromatic heterocycles. The minimum absolute atomic E-state index is 0.424. The maximum Gasteiger partial charge on any atom is 0.412 e. The monoisotopic (exact) mass is 308 g/mol. The second-order valence-electron chi connectivity index (χ2n) is 2.09. The number of carbonyl (C=O) groups is 1. The van der Waals surface area contributed by atoms with E-state index in [9.17, 15) is 4.79 Å².